The van der Waals surface area contributed by atoms with E-state index < -0.39 is 4.92 Å². The number of nitrogens with one attached hydrogen (secondary N) is 1. The first-order chi connectivity index (χ1) is 9.92. The van der Waals surface area contributed by atoms with Crippen LogP contribution in [0, 0.1) is 35.3 Å². The lowest BCUT2D eigenvalue weighted by Gasteiger charge is -2.14. The second-order valence-corrected chi connectivity index (χ2v) is 5.74. The van der Waals surface area contributed by atoms with E-state index in [9.17, 15) is 10.1 Å². The minimum Gasteiger partial charge on any atom is -0.362 e. The summed E-state index contributed by atoms with van der Waals surface area (Å²) in [5.74, 6) is 0.334. The third-order valence-electron chi connectivity index (χ3n) is 2.89. The molecule has 21 heavy (non-hydrogen) atoms. The standard InChI is InChI=1S/C13H13N5O2S/c1-7-12(21-9(3)16-7)8(2)17-13-10(5-14)4-11(6-15-13)18(19)20/h4,6,8H,1-3H3,(H,15,17). The van der Waals surface area contributed by atoms with E-state index in [1.807, 2.05) is 26.8 Å². The van der Waals surface area contributed by atoms with Crippen molar-refractivity contribution in [1.29, 1.82) is 5.26 Å². The van der Waals surface area contributed by atoms with Crippen LogP contribution in [0.25, 0.3) is 0 Å². The predicted octanol–water partition coefficient (Wildman–Crippen LogP) is 3.11. The minimum absolute atomic E-state index is 0.0859. The SMILES string of the molecule is Cc1nc(C)c(C(C)Nc2ncc([N+](=O)[O-])cc2C#N)s1. The Labute approximate surface area is 125 Å². The number of hydrogen-bond acceptors (Lipinski definition) is 7. The molecule has 1 N–H and O–H groups in total. The number of aryl methyl sites for hydroxylation is 2. The van der Waals surface area contributed by atoms with Crippen LogP contribution in [0.15, 0.2) is 12.3 Å². The van der Waals surface area contributed by atoms with Gasteiger partial charge in [0.15, 0.2) is 0 Å². The molecule has 0 spiro atoms. The minimum atomic E-state index is -0.572. The van der Waals surface area contributed by atoms with Gasteiger partial charge in [-0.3, -0.25) is 10.1 Å². The lowest BCUT2D eigenvalue weighted by molar-refractivity contribution is -0.385. The molecule has 0 fully saturated rings. The van der Waals surface area contributed by atoms with E-state index in [2.05, 4.69) is 15.3 Å². The van der Waals surface area contributed by atoms with Gasteiger partial charge < -0.3 is 5.32 Å². The summed E-state index contributed by atoms with van der Waals surface area (Å²) in [4.78, 5) is 19.5. The van der Waals surface area contributed by atoms with Crippen molar-refractivity contribution in [3.63, 3.8) is 0 Å². The highest BCUT2D eigenvalue weighted by molar-refractivity contribution is 7.11. The quantitative estimate of drug-likeness (QED) is 0.687. The first kappa shape index (κ1) is 14.9. The van der Waals surface area contributed by atoms with Crippen molar-refractivity contribution < 1.29 is 4.92 Å². The van der Waals surface area contributed by atoms with Crippen LogP contribution in [-0.4, -0.2) is 14.9 Å². The number of aromatic nitrogens is 2. The molecule has 0 aliphatic carbocycles. The Bertz CT molecular complexity index is 735. The van der Waals surface area contributed by atoms with Gasteiger partial charge in [-0.05, 0) is 20.8 Å². The maximum absolute atomic E-state index is 10.7. The molecule has 0 aromatic carbocycles. The number of nitro groups is 1. The Morgan fingerprint density at radius 2 is 2.24 bits per heavy atom. The van der Waals surface area contributed by atoms with Crippen LogP contribution < -0.4 is 5.32 Å². The topological polar surface area (TPSA) is 105 Å². The lowest BCUT2D eigenvalue weighted by Crippen LogP contribution is -2.09. The Kier molecular flexibility index (Phi) is 4.14. The van der Waals surface area contributed by atoms with Gasteiger partial charge in [-0.2, -0.15) is 5.26 Å². The van der Waals surface area contributed by atoms with Gasteiger partial charge in [-0.1, -0.05) is 0 Å². The van der Waals surface area contributed by atoms with Crippen molar-refractivity contribution in [2.45, 2.75) is 26.8 Å². The number of hydrogen-bond donors (Lipinski definition) is 1. The van der Waals surface area contributed by atoms with Gasteiger partial charge >= 0.3 is 0 Å². The van der Waals surface area contributed by atoms with E-state index in [1.165, 1.54) is 6.07 Å². The maximum Gasteiger partial charge on any atom is 0.289 e. The molecule has 8 heteroatoms. The van der Waals surface area contributed by atoms with Crippen LogP contribution in [0.1, 0.15) is 34.1 Å². The van der Waals surface area contributed by atoms with Gasteiger partial charge in [-0.15, -0.1) is 11.3 Å². The molecule has 1 atom stereocenters. The molecular weight excluding hydrogens is 290 g/mol. The fourth-order valence-electron chi connectivity index (χ4n) is 1.97. The van der Waals surface area contributed by atoms with E-state index >= 15 is 0 Å². The molecule has 2 aromatic heterocycles. The van der Waals surface area contributed by atoms with Crippen molar-refractivity contribution in [3.8, 4) is 6.07 Å². The number of rotatable bonds is 4. The number of nitrogens with zero attached hydrogens (tertiary/aromatic N) is 4. The Hall–Kier alpha value is -2.53. The molecule has 2 aromatic rings. The molecular formula is C13H13N5O2S. The number of anilines is 1. The lowest BCUT2D eigenvalue weighted by atomic mass is 10.2. The zero-order chi connectivity index (χ0) is 15.6. The molecule has 0 bridgehead atoms. The fraction of sp³-hybridized carbons (Fsp3) is 0.308. The molecule has 0 radical (unpaired) electrons. The third-order valence-corrected chi connectivity index (χ3v) is 4.15. The number of nitriles is 1. The third kappa shape index (κ3) is 3.14. The molecule has 0 saturated carbocycles. The highest BCUT2D eigenvalue weighted by atomic mass is 32.1. The fourth-order valence-corrected chi connectivity index (χ4v) is 2.90. The largest absolute Gasteiger partial charge is 0.362 e. The summed E-state index contributed by atoms with van der Waals surface area (Å²) in [7, 11) is 0. The number of pyridine rings is 1. The molecule has 0 aliphatic heterocycles. The first-order valence-corrected chi connectivity index (χ1v) is 6.99. The zero-order valence-electron chi connectivity index (χ0n) is 11.7. The Morgan fingerprint density at radius 3 is 2.76 bits per heavy atom. The summed E-state index contributed by atoms with van der Waals surface area (Å²) < 4.78 is 0. The normalized spacial score (nSPS) is 11.7. The first-order valence-electron chi connectivity index (χ1n) is 6.17. The Balaban J connectivity index is 2.29. The van der Waals surface area contributed by atoms with E-state index in [0.717, 1.165) is 21.8 Å². The zero-order valence-corrected chi connectivity index (χ0v) is 12.6. The van der Waals surface area contributed by atoms with Crippen LogP contribution in [-0.2, 0) is 0 Å². The van der Waals surface area contributed by atoms with Gasteiger partial charge in [0.2, 0.25) is 0 Å². The summed E-state index contributed by atoms with van der Waals surface area (Å²) in [5.41, 5.74) is 0.877. The summed E-state index contributed by atoms with van der Waals surface area (Å²) in [6.45, 7) is 5.79. The molecule has 7 nitrogen and oxygen atoms in total. The second kappa shape index (κ2) is 5.85. The molecule has 0 aliphatic rings. The molecule has 2 rings (SSSR count). The molecule has 2 heterocycles. The van der Waals surface area contributed by atoms with Crippen molar-refractivity contribution in [1.82, 2.24) is 9.97 Å². The van der Waals surface area contributed by atoms with Crippen LogP contribution >= 0.6 is 11.3 Å². The summed E-state index contributed by atoms with van der Waals surface area (Å²) in [6.07, 6.45) is 1.14. The van der Waals surface area contributed by atoms with E-state index in [1.54, 1.807) is 11.3 Å². The molecule has 0 amide bonds. The van der Waals surface area contributed by atoms with E-state index in [-0.39, 0.29) is 17.3 Å². The van der Waals surface area contributed by atoms with Gasteiger partial charge in [0.05, 0.1) is 21.7 Å². The average Bonchev–Trinajstić information content (AvgIpc) is 2.78. The van der Waals surface area contributed by atoms with Gasteiger partial charge in [0, 0.05) is 10.9 Å². The smallest absolute Gasteiger partial charge is 0.289 e. The van der Waals surface area contributed by atoms with Gasteiger partial charge in [0.1, 0.15) is 23.6 Å². The van der Waals surface area contributed by atoms with Gasteiger partial charge in [0.25, 0.3) is 5.69 Å². The highest BCUT2D eigenvalue weighted by Gasteiger charge is 2.17. The van der Waals surface area contributed by atoms with E-state index in [4.69, 9.17) is 5.26 Å². The summed E-state index contributed by atoms with van der Waals surface area (Å²) in [5, 5.41) is 23.9. The number of thiazole rings is 1. The second-order valence-electron chi connectivity index (χ2n) is 4.51. The average molecular weight is 303 g/mol. The monoisotopic (exact) mass is 303 g/mol. The molecule has 0 saturated heterocycles. The van der Waals surface area contributed by atoms with Crippen LogP contribution in [0.3, 0.4) is 0 Å². The van der Waals surface area contributed by atoms with Crippen molar-refractivity contribution in [2.75, 3.05) is 5.32 Å². The molecule has 1 unspecified atom stereocenters. The van der Waals surface area contributed by atoms with Gasteiger partial charge in [-0.25, -0.2) is 9.97 Å². The summed E-state index contributed by atoms with van der Waals surface area (Å²) in [6, 6.07) is 3.06. The van der Waals surface area contributed by atoms with Crippen LogP contribution in [0.2, 0.25) is 0 Å². The van der Waals surface area contributed by atoms with Crippen molar-refractivity contribution in [2.24, 2.45) is 0 Å². The van der Waals surface area contributed by atoms with E-state index in [0.29, 0.717) is 5.82 Å². The highest BCUT2D eigenvalue weighted by Crippen LogP contribution is 2.28. The molecule has 108 valence electrons. The Morgan fingerprint density at radius 1 is 1.52 bits per heavy atom. The predicted molar refractivity (Wildman–Crippen MR) is 79.2 cm³/mol. The van der Waals surface area contributed by atoms with Crippen LogP contribution in [0.5, 0.6) is 0 Å². The summed E-state index contributed by atoms with van der Waals surface area (Å²) >= 11 is 1.57. The van der Waals surface area contributed by atoms with Crippen molar-refractivity contribution in [3.05, 3.63) is 43.5 Å². The van der Waals surface area contributed by atoms with Crippen LogP contribution in [0.4, 0.5) is 11.5 Å². The maximum atomic E-state index is 10.7. The van der Waals surface area contributed by atoms with Crippen molar-refractivity contribution >= 4 is 22.8 Å².